The Labute approximate surface area is 93.1 Å². The standard InChI is InChI=1S/C9H17NO6/c1-4(11)15-3-5-7(12)6(10)8(13)9(14-2)16-5/h5-9,12-13H,3,10H2,1-2H3/t5?,6-,7+,8?,9-/m0/s1. The van der Waals surface area contributed by atoms with Crippen molar-refractivity contribution in [1.29, 1.82) is 0 Å². The predicted molar refractivity (Wildman–Crippen MR) is 52.3 cm³/mol. The molecule has 0 amide bonds. The average Bonchev–Trinajstić information content (AvgIpc) is 2.25. The van der Waals surface area contributed by atoms with E-state index in [1.807, 2.05) is 0 Å². The summed E-state index contributed by atoms with van der Waals surface area (Å²) in [6.07, 6.45) is -3.96. The first-order valence-electron chi connectivity index (χ1n) is 4.90. The highest BCUT2D eigenvalue weighted by molar-refractivity contribution is 5.65. The molecular weight excluding hydrogens is 218 g/mol. The largest absolute Gasteiger partial charge is 0.463 e. The molecule has 0 aromatic carbocycles. The fraction of sp³-hybridized carbons (Fsp3) is 0.889. The molecule has 94 valence electrons. The van der Waals surface area contributed by atoms with Crippen LogP contribution in [0.2, 0.25) is 0 Å². The lowest BCUT2D eigenvalue weighted by Gasteiger charge is -2.40. The molecule has 0 radical (unpaired) electrons. The van der Waals surface area contributed by atoms with Gasteiger partial charge in [0.1, 0.15) is 24.9 Å². The Morgan fingerprint density at radius 2 is 2.06 bits per heavy atom. The van der Waals surface area contributed by atoms with Crippen molar-refractivity contribution in [3.63, 3.8) is 0 Å². The normalized spacial score (nSPS) is 39.4. The van der Waals surface area contributed by atoms with Gasteiger partial charge in [0.15, 0.2) is 6.29 Å². The van der Waals surface area contributed by atoms with E-state index in [0.29, 0.717) is 0 Å². The van der Waals surface area contributed by atoms with E-state index in [9.17, 15) is 15.0 Å². The summed E-state index contributed by atoms with van der Waals surface area (Å²) in [5, 5.41) is 19.2. The number of nitrogens with two attached hydrogens (primary N) is 1. The van der Waals surface area contributed by atoms with E-state index in [0.717, 1.165) is 0 Å². The van der Waals surface area contributed by atoms with Crippen molar-refractivity contribution in [1.82, 2.24) is 0 Å². The summed E-state index contributed by atoms with van der Waals surface area (Å²) in [5.41, 5.74) is 5.58. The smallest absolute Gasteiger partial charge is 0.302 e. The highest BCUT2D eigenvalue weighted by Gasteiger charge is 2.43. The number of esters is 1. The van der Waals surface area contributed by atoms with Crippen molar-refractivity contribution in [3.05, 3.63) is 0 Å². The number of ether oxygens (including phenoxy) is 3. The molecule has 16 heavy (non-hydrogen) atoms. The molecule has 4 N–H and O–H groups in total. The second-order valence-electron chi connectivity index (χ2n) is 3.64. The lowest BCUT2D eigenvalue weighted by molar-refractivity contribution is -0.269. The minimum Gasteiger partial charge on any atom is -0.463 e. The molecule has 0 spiro atoms. The fourth-order valence-corrected chi connectivity index (χ4v) is 1.50. The Balaban J connectivity index is 2.60. The number of aliphatic hydroxyl groups excluding tert-OH is 2. The summed E-state index contributed by atoms with van der Waals surface area (Å²) in [4.78, 5) is 10.6. The minimum absolute atomic E-state index is 0.128. The van der Waals surface area contributed by atoms with Gasteiger partial charge in [-0.25, -0.2) is 0 Å². The van der Waals surface area contributed by atoms with Gasteiger partial charge in [-0.05, 0) is 0 Å². The zero-order valence-corrected chi connectivity index (χ0v) is 9.20. The molecule has 7 nitrogen and oxygen atoms in total. The zero-order valence-electron chi connectivity index (χ0n) is 9.20. The van der Waals surface area contributed by atoms with Gasteiger partial charge in [-0.3, -0.25) is 4.79 Å². The summed E-state index contributed by atoms with van der Waals surface area (Å²) < 4.78 is 14.8. The SMILES string of the molecule is CO[C@H]1OC(COC(C)=O)[C@@H](O)[C@H](N)C1O. The van der Waals surface area contributed by atoms with Crippen LogP contribution in [0.5, 0.6) is 0 Å². The van der Waals surface area contributed by atoms with E-state index in [-0.39, 0.29) is 6.61 Å². The molecule has 1 rings (SSSR count). The summed E-state index contributed by atoms with van der Waals surface area (Å²) >= 11 is 0. The van der Waals surface area contributed by atoms with Crippen LogP contribution in [0.4, 0.5) is 0 Å². The Kier molecular flexibility index (Phi) is 4.63. The van der Waals surface area contributed by atoms with Gasteiger partial charge < -0.3 is 30.2 Å². The second kappa shape index (κ2) is 5.55. The third-order valence-corrected chi connectivity index (χ3v) is 2.44. The maximum atomic E-state index is 10.6. The summed E-state index contributed by atoms with van der Waals surface area (Å²) in [5.74, 6) is -0.482. The lowest BCUT2D eigenvalue weighted by Crippen LogP contribution is -2.62. The number of methoxy groups -OCH3 is 1. The van der Waals surface area contributed by atoms with Gasteiger partial charge in [-0.2, -0.15) is 0 Å². The molecule has 1 fully saturated rings. The average molecular weight is 235 g/mol. The van der Waals surface area contributed by atoms with Crippen LogP contribution in [0, 0.1) is 0 Å². The molecular formula is C9H17NO6. The first kappa shape index (κ1) is 13.3. The van der Waals surface area contributed by atoms with Crippen LogP contribution in [-0.4, -0.2) is 60.5 Å². The third-order valence-electron chi connectivity index (χ3n) is 2.44. The summed E-state index contributed by atoms with van der Waals surface area (Å²) in [6.45, 7) is 1.12. The molecule has 1 aliphatic heterocycles. The molecule has 1 heterocycles. The van der Waals surface area contributed by atoms with Crippen molar-refractivity contribution in [2.45, 2.75) is 37.6 Å². The van der Waals surface area contributed by atoms with Crippen LogP contribution >= 0.6 is 0 Å². The Morgan fingerprint density at radius 1 is 1.44 bits per heavy atom. The van der Waals surface area contributed by atoms with Crippen molar-refractivity contribution in [2.75, 3.05) is 13.7 Å². The number of hydrogen-bond donors (Lipinski definition) is 3. The molecule has 1 saturated heterocycles. The molecule has 0 saturated carbocycles. The number of hydrogen-bond acceptors (Lipinski definition) is 7. The third kappa shape index (κ3) is 2.89. The first-order chi connectivity index (χ1) is 7.47. The maximum Gasteiger partial charge on any atom is 0.302 e. The molecule has 1 aliphatic rings. The number of carbonyl (C=O) groups excluding carboxylic acids is 1. The first-order valence-corrected chi connectivity index (χ1v) is 4.90. The molecule has 2 unspecified atom stereocenters. The van der Waals surface area contributed by atoms with Crippen molar-refractivity contribution < 1.29 is 29.2 Å². The van der Waals surface area contributed by atoms with Crippen molar-refractivity contribution in [2.24, 2.45) is 5.73 Å². The second-order valence-corrected chi connectivity index (χ2v) is 3.64. The van der Waals surface area contributed by atoms with Gasteiger partial charge >= 0.3 is 5.97 Å². The molecule has 7 heteroatoms. The van der Waals surface area contributed by atoms with Crippen molar-refractivity contribution >= 4 is 5.97 Å². The zero-order chi connectivity index (χ0) is 12.3. The van der Waals surface area contributed by atoms with E-state index >= 15 is 0 Å². The predicted octanol–water partition coefficient (Wildman–Crippen LogP) is -2.03. The van der Waals surface area contributed by atoms with Crippen LogP contribution in [0.3, 0.4) is 0 Å². The highest BCUT2D eigenvalue weighted by atomic mass is 16.7. The quantitative estimate of drug-likeness (QED) is 0.484. The van der Waals surface area contributed by atoms with E-state index in [2.05, 4.69) is 0 Å². The van der Waals surface area contributed by atoms with Gasteiger partial charge in [-0.15, -0.1) is 0 Å². The summed E-state index contributed by atoms with van der Waals surface area (Å²) in [7, 11) is 1.35. The van der Waals surface area contributed by atoms with E-state index in [1.54, 1.807) is 0 Å². The van der Waals surface area contributed by atoms with Crippen LogP contribution in [-0.2, 0) is 19.0 Å². The molecule has 5 atom stereocenters. The van der Waals surface area contributed by atoms with Gasteiger partial charge in [0.25, 0.3) is 0 Å². The Morgan fingerprint density at radius 3 is 2.56 bits per heavy atom. The van der Waals surface area contributed by atoms with E-state index in [4.69, 9.17) is 19.9 Å². The topological polar surface area (TPSA) is 111 Å². The van der Waals surface area contributed by atoms with Crippen LogP contribution in [0.25, 0.3) is 0 Å². The Hall–Kier alpha value is -0.730. The minimum atomic E-state index is -1.12. The monoisotopic (exact) mass is 235 g/mol. The van der Waals surface area contributed by atoms with Crippen LogP contribution in [0.15, 0.2) is 0 Å². The highest BCUT2D eigenvalue weighted by Crippen LogP contribution is 2.20. The van der Waals surface area contributed by atoms with Gasteiger partial charge in [0, 0.05) is 14.0 Å². The van der Waals surface area contributed by atoms with Crippen LogP contribution < -0.4 is 5.73 Å². The van der Waals surface area contributed by atoms with Gasteiger partial charge in [0.05, 0.1) is 6.04 Å². The number of aliphatic hydroxyl groups is 2. The van der Waals surface area contributed by atoms with Gasteiger partial charge in [0.2, 0.25) is 0 Å². The summed E-state index contributed by atoms with van der Waals surface area (Å²) in [6, 6.07) is -0.903. The van der Waals surface area contributed by atoms with E-state index in [1.165, 1.54) is 14.0 Å². The number of carbonyl (C=O) groups is 1. The molecule has 0 aromatic heterocycles. The van der Waals surface area contributed by atoms with E-state index < -0.39 is 36.6 Å². The molecule has 0 aromatic rings. The fourth-order valence-electron chi connectivity index (χ4n) is 1.50. The maximum absolute atomic E-state index is 10.6. The Bertz CT molecular complexity index is 246. The molecule has 0 bridgehead atoms. The van der Waals surface area contributed by atoms with Crippen molar-refractivity contribution in [3.8, 4) is 0 Å². The van der Waals surface area contributed by atoms with Crippen LogP contribution in [0.1, 0.15) is 6.92 Å². The molecule has 0 aliphatic carbocycles. The van der Waals surface area contributed by atoms with Gasteiger partial charge in [-0.1, -0.05) is 0 Å². The lowest BCUT2D eigenvalue weighted by atomic mass is 9.97. The number of rotatable bonds is 3.